The first-order chi connectivity index (χ1) is 16.2. The molecule has 1 aromatic heterocycles. The van der Waals surface area contributed by atoms with Crippen molar-refractivity contribution < 1.29 is 9.21 Å². The van der Waals surface area contributed by atoms with Crippen LogP contribution in [0.1, 0.15) is 34.8 Å². The molecule has 7 nitrogen and oxygen atoms in total. The molecule has 9 heteroatoms. The molecule has 5 heterocycles. The Bertz CT molecular complexity index is 1150. The van der Waals surface area contributed by atoms with Crippen molar-refractivity contribution in [1.82, 2.24) is 20.1 Å². The largest absolute Gasteiger partial charge is 0.423 e. The molecule has 7 rings (SSSR count). The van der Waals surface area contributed by atoms with E-state index in [0.29, 0.717) is 28.6 Å². The van der Waals surface area contributed by atoms with E-state index >= 15 is 0 Å². The van der Waals surface area contributed by atoms with Gasteiger partial charge in [-0.2, -0.15) is 4.98 Å². The number of oxazole rings is 1. The molecule has 4 saturated heterocycles. The Morgan fingerprint density at radius 3 is 2.46 bits per heavy atom. The number of hydrogen-bond donors (Lipinski definition) is 1. The molecule has 35 heavy (non-hydrogen) atoms. The van der Waals surface area contributed by atoms with Gasteiger partial charge in [-0.3, -0.25) is 4.79 Å². The van der Waals surface area contributed by atoms with Crippen LogP contribution in [0, 0.1) is 5.92 Å². The molecule has 4 aliphatic rings. The van der Waals surface area contributed by atoms with Crippen LogP contribution < -0.4 is 10.2 Å². The number of aromatic nitrogens is 1. The third kappa shape index (κ3) is 5.00. The zero-order valence-corrected chi connectivity index (χ0v) is 21.6. The van der Waals surface area contributed by atoms with Gasteiger partial charge < -0.3 is 24.4 Å². The number of nitrogens with one attached hydrogen (secondary N) is 1. The molecule has 2 atom stereocenters. The summed E-state index contributed by atoms with van der Waals surface area (Å²) in [6.07, 6.45) is 2.35. The van der Waals surface area contributed by atoms with Gasteiger partial charge >= 0.3 is 0 Å². The molecule has 0 radical (unpaired) electrons. The number of benzene rings is 2. The first-order valence-electron chi connectivity index (χ1n) is 12.1. The normalized spacial score (nSPS) is 26.1. The average molecular weight is 518 g/mol. The number of piperazine rings is 1. The molecule has 188 valence electrons. The number of carbonyl (C=O) groups excluding carboxylic acids is 1. The zero-order valence-electron chi connectivity index (χ0n) is 19.9. The summed E-state index contributed by atoms with van der Waals surface area (Å²) in [7, 11) is 2.15. The fourth-order valence-electron chi connectivity index (χ4n) is 5.73. The van der Waals surface area contributed by atoms with E-state index in [1.165, 1.54) is 18.4 Å². The fraction of sp³-hybridized carbons (Fsp3) is 0.462. The Kier molecular flexibility index (Phi) is 7.91. The minimum atomic E-state index is -0.0443. The minimum Gasteiger partial charge on any atom is -0.423 e. The van der Waals surface area contributed by atoms with E-state index in [4.69, 9.17) is 9.40 Å². The Labute approximate surface area is 218 Å². The van der Waals surface area contributed by atoms with Crippen LogP contribution in [0.15, 0.2) is 52.9 Å². The van der Waals surface area contributed by atoms with Crippen LogP contribution in [0.2, 0.25) is 0 Å². The second-order valence-electron chi connectivity index (χ2n) is 9.75. The molecule has 4 aliphatic heterocycles. The van der Waals surface area contributed by atoms with Crippen LogP contribution in [-0.4, -0.2) is 73.0 Å². The number of rotatable bonds is 4. The maximum Gasteiger partial charge on any atom is 0.299 e. The lowest BCUT2D eigenvalue weighted by Crippen LogP contribution is -2.57. The van der Waals surface area contributed by atoms with Gasteiger partial charge in [-0.25, -0.2) is 0 Å². The standard InChI is InChI=1S/C26H31N5O2.2ClH/c1-29-14-15-31(22(17-29)19-6-3-2-4-7-19)26-28-24-20(8-5-9-23(24)33-26)25(32)27-21-16-30-12-10-18(21)11-13-30;;/h2-9,18,21-22H,10-17H2,1H3,(H,27,32);2*1H. The second-order valence-corrected chi connectivity index (χ2v) is 9.75. The van der Waals surface area contributed by atoms with Gasteiger partial charge in [0.25, 0.3) is 11.9 Å². The van der Waals surface area contributed by atoms with Crippen LogP contribution in [-0.2, 0) is 0 Å². The number of para-hydroxylation sites is 1. The van der Waals surface area contributed by atoms with Gasteiger partial charge in [0, 0.05) is 32.2 Å². The summed E-state index contributed by atoms with van der Waals surface area (Å²) in [5, 5.41) is 3.31. The second kappa shape index (κ2) is 10.7. The van der Waals surface area contributed by atoms with Gasteiger partial charge in [0.05, 0.1) is 11.6 Å². The highest BCUT2D eigenvalue weighted by Crippen LogP contribution is 2.33. The van der Waals surface area contributed by atoms with Crippen molar-refractivity contribution in [3.05, 3.63) is 59.7 Å². The van der Waals surface area contributed by atoms with E-state index in [0.717, 1.165) is 39.3 Å². The lowest BCUT2D eigenvalue weighted by atomic mass is 9.84. The Morgan fingerprint density at radius 1 is 0.971 bits per heavy atom. The van der Waals surface area contributed by atoms with Crippen molar-refractivity contribution in [1.29, 1.82) is 0 Å². The molecule has 2 aromatic carbocycles. The smallest absolute Gasteiger partial charge is 0.299 e. The van der Waals surface area contributed by atoms with Crippen molar-refractivity contribution in [3.8, 4) is 0 Å². The number of hydrogen-bond acceptors (Lipinski definition) is 6. The first-order valence-corrected chi connectivity index (χ1v) is 12.1. The highest BCUT2D eigenvalue weighted by atomic mass is 35.5. The van der Waals surface area contributed by atoms with Gasteiger partial charge in [0.1, 0.15) is 5.52 Å². The Balaban J connectivity index is 0.00000144. The molecule has 1 amide bonds. The highest BCUT2D eigenvalue weighted by Gasteiger charge is 2.35. The maximum absolute atomic E-state index is 13.3. The SMILES string of the molecule is CN1CCN(c2nc3c(C(=O)NC4CN5CCC4CC5)cccc3o2)C(c2ccccc2)C1.Cl.Cl. The lowest BCUT2D eigenvalue weighted by Gasteiger charge is -2.44. The van der Waals surface area contributed by atoms with Gasteiger partial charge in [-0.1, -0.05) is 36.4 Å². The number of likely N-dealkylation sites (N-methyl/N-ethyl adjacent to an activating group) is 1. The van der Waals surface area contributed by atoms with E-state index in [1.54, 1.807) is 0 Å². The van der Waals surface area contributed by atoms with Gasteiger partial charge in [-0.15, -0.1) is 24.8 Å². The lowest BCUT2D eigenvalue weighted by molar-refractivity contribution is 0.0621. The molecule has 3 aromatic rings. The van der Waals surface area contributed by atoms with Crippen molar-refractivity contribution in [2.75, 3.05) is 51.2 Å². The summed E-state index contributed by atoms with van der Waals surface area (Å²) >= 11 is 0. The number of nitrogens with zero attached hydrogens (tertiary/aromatic N) is 4. The predicted octanol–water partition coefficient (Wildman–Crippen LogP) is 3.99. The topological polar surface area (TPSA) is 64.8 Å². The number of piperidine rings is 3. The first kappa shape index (κ1) is 25.8. The summed E-state index contributed by atoms with van der Waals surface area (Å²) < 4.78 is 6.23. The highest BCUT2D eigenvalue weighted by molar-refractivity contribution is 6.04. The Hall–Kier alpha value is -2.32. The third-order valence-corrected chi connectivity index (χ3v) is 7.64. The minimum absolute atomic E-state index is 0. The van der Waals surface area contributed by atoms with E-state index in [-0.39, 0.29) is 42.8 Å². The zero-order chi connectivity index (χ0) is 22.4. The molecule has 1 N–H and O–H groups in total. The van der Waals surface area contributed by atoms with Crippen molar-refractivity contribution in [2.45, 2.75) is 24.9 Å². The average Bonchev–Trinajstić information content (AvgIpc) is 3.29. The van der Waals surface area contributed by atoms with Crippen LogP contribution in [0.25, 0.3) is 11.1 Å². The molecule has 0 saturated carbocycles. The number of fused-ring (bicyclic) bond motifs is 4. The summed E-state index contributed by atoms with van der Waals surface area (Å²) in [6.45, 7) is 5.94. The molecule has 0 aliphatic carbocycles. The summed E-state index contributed by atoms with van der Waals surface area (Å²) in [5.74, 6) is 0.542. The van der Waals surface area contributed by atoms with E-state index < -0.39 is 0 Å². The predicted molar refractivity (Wildman–Crippen MR) is 143 cm³/mol. The molecule has 2 unspecified atom stereocenters. The van der Waals surface area contributed by atoms with Crippen molar-refractivity contribution in [2.24, 2.45) is 5.92 Å². The van der Waals surface area contributed by atoms with Crippen LogP contribution >= 0.6 is 24.8 Å². The monoisotopic (exact) mass is 517 g/mol. The van der Waals surface area contributed by atoms with Crippen molar-refractivity contribution in [3.63, 3.8) is 0 Å². The quantitative estimate of drug-likeness (QED) is 0.564. The van der Waals surface area contributed by atoms with E-state index in [1.807, 2.05) is 24.3 Å². The third-order valence-electron chi connectivity index (χ3n) is 7.64. The number of amides is 1. The fourth-order valence-corrected chi connectivity index (χ4v) is 5.73. The molecule has 0 spiro atoms. The van der Waals surface area contributed by atoms with Gasteiger partial charge in [0.15, 0.2) is 5.58 Å². The molecular formula is C26H33Cl2N5O2. The van der Waals surface area contributed by atoms with E-state index in [2.05, 4.69) is 51.3 Å². The van der Waals surface area contributed by atoms with Gasteiger partial charge in [-0.05, 0) is 56.6 Å². The van der Waals surface area contributed by atoms with Crippen molar-refractivity contribution >= 4 is 47.8 Å². The summed E-state index contributed by atoms with van der Waals surface area (Å²) in [6, 6.07) is 17.1. The van der Waals surface area contributed by atoms with Crippen LogP contribution in [0.4, 0.5) is 6.01 Å². The summed E-state index contributed by atoms with van der Waals surface area (Å²) in [4.78, 5) is 25.2. The maximum atomic E-state index is 13.3. The van der Waals surface area contributed by atoms with Crippen LogP contribution in [0.3, 0.4) is 0 Å². The molecule has 4 fully saturated rings. The molecule has 2 bridgehead atoms. The van der Waals surface area contributed by atoms with Gasteiger partial charge in [0.2, 0.25) is 0 Å². The number of carbonyl (C=O) groups is 1. The number of anilines is 1. The molecular weight excluding hydrogens is 485 g/mol. The number of halogens is 2. The Morgan fingerprint density at radius 2 is 1.74 bits per heavy atom. The van der Waals surface area contributed by atoms with Crippen LogP contribution in [0.5, 0.6) is 0 Å². The van der Waals surface area contributed by atoms with E-state index in [9.17, 15) is 4.79 Å². The summed E-state index contributed by atoms with van der Waals surface area (Å²) in [5.41, 5.74) is 3.16.